The molecule has 0 aliphatic carbocycles. The average Bonchev–Trinajstić information content (AvgIpc) is 2.74. The monoisotopic (exact) mass is 451 g/mol. The van der Waals surface area contributed by atoms with Crippen molar-refractivity contribution >= 4 is 22.2 Å². The number of nitrogens with zero attached hydrogens (tertiary/aromatic N) is 1. The number of hydrogen-bond donors (Lipinski definition) is 0. The molecule has 0 aliphatic heterocycles. The smallest absolute Gasteiger partial charge is 0.292 e. The lowest BCUT2D eigenvalue weighted by Crippen LogP contribution is -2.08. The molecule has 1 unspecified atom stereocenters. The maximum Gasteiger partial charge on any atom is 0.292 e. The zero-order valence-corrected chi connectivity index (χ0v) is 17.5. The van der Waals surface area contributed by atoms with Crippen LogP contribution in [0.2, 0.25) is 0 Å². The second kappa shape index (κ2) is 9.26. The highest BCUT2D eigenvalue weighted by Gasteiger charge is 2.25. The number of ether oxygens (including phenoxy) is 3. The van der Waals surface area contributed by atoms with E-state index in [1.807, 2.05) is 24.3 Å². The molecule has 0 fully saturated rings. The Morgan fingerprint density at radius 3 is 2.28 bits per heavy atom. The van der Waals surface area contributed by atoms with Gasteiger partial charge in [-0.05, 0) is 54.1 Å². The standard InChI is InChI=1S/C23H18BrNO4/c1-27-21-8-6-15(13-26)10-19(21)23(16-4-3-5-17(24)11-16)20-12-18(29-14-25)7-9-22(20)28-2/h3-13,23H,1-2H3. The third-order valence-corrected chi connectivity index (χ3v) is 5.05. The first-order chi connectivity index (χ1) is 14.1. The largest absolute Gasteiger partial charge is 0.496 e. The third kappa shape index (κ3) is 4.41. The van der Waals surface area contributed by atoms with Gasteiger partial charge in [-0.1, -0.05) is 28.1 Å². The molecule has 0 bridgehead atoms. The van der Waals surface area contributed by atoms with Crippen LogP contribution >= 0.6 is 15.9 Å². The number of methoxy groups -OCH3 is 2. The van der Waals surface area contributed by atoms with Crippen LogP contribution in [0.25, 0.3) is 0 Å². The van der Waals surface area contributed by atoms with Crippen LogP contribution in [0.15, 0.2) is 65.1 Å². The van der Waals surface area contributed by atoms with Gasteiger partial charge in [0.1, 0.15) is 23.5 Å². The van der Waals surface area contributed by atoms with Gasteiger partial charge in [0.2, 0.25) is 0 Å². The van der Waals surface area contributed by atoms with Crippen LogP contribution in [0.5, 0.6) is 17.2 Å². The lowest BCUT2D eigenvalue weighted by Gasteiger charge is -2.24. The minimum Gasteiger partial charge on any atom is -0.496 e. The zero-order valence-electron chi connectivity index (χ0n) is 15.9. The van der Waals surface area contributed by atoms with Gasteiger partial charge in [-0.3, -0.25) is 4.79 Å². The van der Waals surface area contributed by atoms with Crippen LogP contribution in [0.1, 0.15) is 33.0 Å². The van der Waals surface area contributed by atoms with Crippen molar-refractivity contribution in [1.29, 1.82) is 5.26 Å². The van der Waals surface area contributed by atoms with E-state index in [0.717, 1.165) is 27.4 Å². The third-order valence-electron chi connectivity index (χ3n) is 4.56. The van der Waals surface area contributed by atoms with E-state index in [1.165, 1.54) is 0 Å². The van der Waals surface area contributed by atoms with E-state index in [-0.39, 0.29) is 5.92 Å². The molecule has 0 saturated carbocycles. The molecule has 0 saturated heterocycles. The molecule has 3 aromatic rings. The van der Waals surface area contributed by atoms with Gasteiger partial charge in [0.25, 0.3) is 6.26 Å². The Morgan fingerprint density at radius 2 is 1.66 bits per heavy atom. The summed E-state index contributed by atoms with van der Waals surface area (Å²) in [6.45, 7) is 0. The van der Waals surface area contributed by atoms with Crippen molar-refractivity contribution < 1.29 is 19.0 Å². The summed E-state index contributed by atoms with van der Waals surface area (Å²) >= 11 is 3.53. The number of halogens is 1. The van der Waals surface area contributed by atoms with Crippen molar-refractivity contribution in [3.8, 4) is 23.5 Å². The van der Waals surface area contributed by atoms with E-state index in [4.69, 9.17) is 19.5 Å². The number of benzene rings is 3. The highest BCUT2D eigenvalue weighted by atomic mass is 79.9. The van der Waals surface area contributed by atoms with Gasteiger partial charge >= 0.3 is 0 Å². The SMILES string of the molecule is COc1ccc(C=O)cc1C(c1cccc(Br)c1)c1cc(OC#N)ccc1OC. The second-order valence-electron chi connectivity index (χ2n) is 6.20. The fourth-order valence-corrected chi connectivity index (χ4v) is 3.74. The number of carbonyl (C=O) groups excluding carboxylic acids is 1. The molecule has 3 aromatic carbocycles. The quantitative estimate of drug-likeness (QED) is 0.276. The molecule has 0 spiro atoms. The van der Waals surface area contributed by atoms with Crippen molar-refractivity contribution in [3.63, 3.8) is 0 Å². The summed E-state index contributed by atoms with van der Waals surface area (Å²) in [6.07, 6.45) is 2.50. The number of carbonyl (C=O) groups is 1. The first kappa shape index (κ1) is 20.4. The minimum absolute atomic E-state index is 0.334. The summed E-state index contributed by atoms with van der Waals surface area (Å²) in [5.41, 5.74) is 3.06. The first-order valence-corrected chi connectivity index (χ1v) is 9.53. The molecule has 146 valence electrons. The van der Waals surface area contributed by atoms with Crippen molar-refractivity contribution in [2.75, 3.05) is 14.2 Å². The summed E-state index contributed by atoms with van der Waals surface area (Å²) in [7, 11) is 3.17. The highest BCUT2D eigenvalue weighted by molar-refractivity contribution is 9.10. The molecule has 29 heavy (non-hydrogen) atoms. The Labute approximate surface area is 177 Å². The van der Waals surface area contributed by atoms with Crippen LogP contribution in [-0.4, -0.2) is 20.5 Å². The van der Waals surface area contributed by atoms with Gasteiger partial charge in [0.05, 0.1) is 14.2 Å². The van der Waals surface area contributed by atoms with Crippen LogP contribution in [-0.2, 0) is 0 Å². The van der Waals surface area contributed by atoms with E-state index in [0.29, 0.717) is 22.8 Å². The highest BCUT2D eigenvalue weighted by Crippen LogP contribution is 2.43. The molecule has 1 atom stereocenters. The van der Waals surface area contributed by atoms with E-state index in [9.17, 15) is 4.79 Å². The summed E-state index contributed by atoms with van der Waals surface area (Å²) < 4.78 is 17.2. The summed E-state index contributed by atoms with van der Waals surface area (Å²) in [5.74, 6) is 1.32. The Bertz CT molecular complexity index is 1070. The number of hydrogen-bond acceptors (Lipinski definition) is 5. The van der Waals surface area contributed by atoms with E-state index in [2.05, 4.69) is 15.9 Å². The zero-order chi connectivity index (χ0) is 20.8. The second-order valence-corrected chi connectivity index (χ2v) is 7.12. The molecular weight excluding hydrogens is 434 g/mol. The predicted octanol–water partition coefficient (Wildman–Crippen LogP) is 5.32. The van der Waals surface area contributed by atoms with Crippen LogP contribution in [0.3, 0.4) is 0 Å². The van der Waals surface area contributed by atoms with Gasteiger partial charge < -0.3 is 14.2 Å². The normalized spacial score (nSPS) is 11.2. The topological polar surface area (TPSA) is 68.5 Å². The molecule has 0 heterocycles. The molecular formula is C23H18BrNO4. The summed E-state index contributed by atoms with van der Waals surface area (Å²) in [5, 5.41) is 8.93. The van der Waals surface area contributed by atoms with Crippen molar-refractivity contribution in [1.82, 2.24) is 0 Å². The first-order valence-electron chi connectivity index (χ1n) is 8.73. The molecule has 0 N–H and O–H groups in total. The van der Waals surface area contributed by atoms with Crippen LogP contribution in [0, 0.1) is 11.5 Å². The molecule has 5 nitrogen and oxygen atoms in total. The van der Waals surface area contributed by atoms with E-state index in [1.54, 1.807) is 56.9 Å². The van der Waals surface area contributed by atoms with E-state index >= 15 is 0 Å². The Balaban J connectivity index is 2.33. The van der Waals surface area contributed by atoms with E-state index < -0.39 is 0 Å². The van der Waals surface area contributed by atoms with Crippen molar-refractivity contribution in [2.45, 2.75) is 5.92 Å². The van der Waals surface area contributed by atoms with Gasteiger partial charge in [0.15, 0.2) is 0 Å². The van der Waals surface area contributed by atoms with Crippen molar-refractivity contribution in [3.05, 3.63) is 87.4 Å². The Morgan fingerprint density at radius 1 is 0.966 bits per heavy atom. The van der Waals surface area contributed by atoms with Gasteiger partial charge in [-0.25, -0.2) is 0 Å². The van der Waals surface area contributed by atoms with Gasteiger partial charge in [-0.15, -0.1) is 5.26 Å². The van der Waals surface area contributed by atoms with Crippen LogP contribution in [0.4, 0.5) is 0 Å². The number of nitriles is 1. The Hall–Kier alpha value is -3.30. The number of rotatable bonds is 7. The predicted molar refractivity (Wildman–Crippen MR) is 113 cm³/mol. The average molecular weight is 452 g/mol. The van der Waals surface area contributed by atoms with Gasteiger partial charge in [-0.2, -0.15) is 0 Å². The summed E-state index contributed by atoms with van der Waals surface area (Å²) in [6, 6.07) is 18.3. The maximum absolute atomic E-state index is 11.4. The summed E-state index contributed by atoms with van der Waals surface area (Å²) in [4.78, 5) is 11.4. The molecule has 6 heteroatoms. The minimum atomic E-state index is -0.334. The lowest BCUT2D eigenvalue weighted by atomic mass is 9.83. The Kier molecular flexibility index (Phi) is 6.53. The molecule has 0 aliphatic rings. The van der Waals surface area contributed by atoms with Crippen LogP contribution < -0.4 is 14.2 Å². The molecule has 0 amide bonds. The molecule has 0 aromatic heterocycles. The van der Waals surface area contributed by atoms with Crippen molar-refractivity contribution in [2.24, 2.45) is 0 Å². The fraction of sp³-hybridized carbons (Fsp3) is 0.130. The lowest BCUT2D eigenvalue weighted by molar-refractivity contribution is 0.112. The fourth-order valence-electron chi connectivity index (χ4n) is 3.32. The molecule has 3 rings (SSSR count). The van der Waals surface area contributed by atoms with Gasteiger partial charge in [0, 0.05) is 27.1 Å². The number of aldehydes is 1. The maximum atomic E-state index is 11.4. The molecule has 0 radical (unpaired) electrons.